The van der Waals surface area contributed by atoms with Gasteiger partial charge in [0.2, 0.25) is 0 Å². The Kier molecular flexibility index (Phi) is 7.69. The lowest BCUT2D eigenvalue weighted by molar-refractivity contribution is -0.146. The Labute approximate surface area is 207 Å². The third kappa shape index (κ3) is 5.02. The lowest BCUT2D eigenvalue weighted by atomic mass is 9.69. The van der Waals surface area contributed by atoms with Crippen molar-refractivity contribution in [3.8, 4) is 11.5 Å². The van der Waals surface area contributed by atoms with Crippen LogP contribution in [0.25, 0.3) is 0 Å². The third-order valence-electron chi connectivity index (χ3n) is 6.71. The van der Waals surface area contributed by atoms with E-state index in [0.717, 1.165) is 23.2 Å². The van der Waals surface area contributed by atoms with Gasteiger partial charge in [-0.3, -0.25) is 14.6 Å². The summed E-state index contributed by atoms with van der Waals surface area (Å²) in [6.45, 7) is 6.56. The minimum Gasteiger partial charge on any atom is -0.493 e. The van der Waals surface area contributed by atoms with Gasteiger partial charge in [-0.25, -0.2) is 0 Å². The van der Waals surface area contributed by atoms with Crippen LogP contribution in [0.15, 0.2) is 64.8 Å². The second kappa shape index (κ2) is 10.9. The van der Waals surface area contributed by atoms with Gasteiger partial charge in [-0.2, -0.15) is 0 Å². The lowest BCUT2D eigenvalue weighted by Gasteiger charge is -2.36. The van der Waals surface area contributed by atoms with Crippen molar-refractivity contribution in [2.24, 2.45) is 10.9 Å². The zero-order chi connectivity index (χ0) is 24.9. The highest BCUT2D eigenvalue weighted by atomic mass is 16.5. The number of hydrogen-bond acceptors (Lipinski definition) is 6. The van der Waals surface area contributed by atoms with E-state index in [-0.39, 0.29) is 17.7 Å². The molecule has 184 valence electrons. The molecule has 3 atom stereocenters. The Bertz CT molecular complexity index is 1150. The van der Waals surface area contributed by atoms with Crippen molar-refractivity contribution in [2.45, 2.75) is 51.9 Å². The maximum atomic E-state index is 13.7. The Morgan fingerprint density at radius 3 is 2.49 bits per heavy atom. The molecule has 0 bridgehead atoms. The van der Waals surface area contributed by atoms with Crippen LogP contribution in [0, 0.1) is 5.92 Å². The summed E-state index contributed by atoms with van der Waals surface area (Å²) in [5.41, 5.74) is 4.00. The summed E-state index contributed by atoms with van der Waals surface area (Å²) in [5, 5.41) is 0. The standard InChI is InChI=1S/C29H33NO5/c1-5-14-35-29(32)26-18(3)30-22-15-21(19-10-8-7-9-11-19)16-23(31)28(22)27(26)20-12-13-24(34-6-2)25(17-20)33-4/h7-13,17,21,26-27H,5-6,14-16H2,1-4H3/t21-,26?,27-/m1/s1. The zero-order valence-electron chi connectivity index (χ0n) is 20.9. The van der Waals surface area contributed by atoms with E-state index in [1.807, 2.05) is 57.2 Å². The van der Waals surface area contributed by atoms with Gasteiger partial charge >= 0.3 is 5.97 Å². The summed E-state index contributed by atoms with van der Waals surface area (Å²) in [6.07, 6.45) is 1.77. The number of ketones is 1. The molecule has 0 aromatic heterocycles. The predicted molar refractivity (Wildman–Crippen MR) is 135 cm³/mol. The van der Waals surface area contributed by atoms with Gasteiger partial charge in [0.25, 0.3) is 0 Å². The van der Waals surface area contributed by atoms with Crippen LogP contribution in [-0.2, 0) is 14.3 Å². The number of ether oxygens (including phenoxy) is 3. The van der Waals surface area contributed by atoms with Crippen molar-refractivity contribution < 1.29 is 23.8 Å². The van der Waals surface area contributed by atoms with Crippen LogP contribution >= 0.6 is 0 Å². The van der Waals surface area contributed by atoms with Crippen LogP contribution in [0.3, 0.4) is 0 Å². The number of rotatable bonds is 8. The number of aliphatic imine (C=N–C) groups is 1. The Morgan fingerprint density at radius 1 is 1.03 bits per heavy atom. The van der Waals surface area contributed by atoms with Crippen molar-refractivity contribution in [3.63, 3.8) is 0 Å². The molecule has 6 nitrogen and oxygen atoms in total. The summed E-state index contributed by atoms with van der Waals surface area (Å²) < 4.78 is 16.8. The molecule has 2 aliphatic rings. The number of carbonyl (C=O) groups excluding carboxylic acids is 2. The first-order valence-corrected chi connectivity index (χ1v) is 12.3. The Hall–Kier alpha value is -3.41. The molecule has 0 saturated carbocycles. The van der Waals surface area contributed by atoms with Gasteiger partial charge in [-0.15, -0.1) is 0 Å². The van der Waals surface area contributed by atoms with Crippen LogP contribution in [0.5, 0.6) is 11.5 Å². The normalized spacial score (nSPS) is 21.8. The van der Waals surface area contributed by atoms with Crippen molar-refractivity contribution in [1.82, 2.24) is 0 Å². The second-order valence-electron chi connectivity index (χ2n) is 9.02. The summed E-state index contributed by atoms with van der Waals surface area (Å²) in [4.78, 5) is 31.7. The molecule has 0 N–H and O–H groups in total. The SMILES string of the molecule is CCCOC(=O)C1C(C)=NC2=C(C(=O)C[C@H](c3ccccc3)C2)[C@@H]1c1ccc(OCC)c(OC)c1. The molecule has 0 spiro atoms. The van der Waals surface area contributed by atoms with E-state index in [1.54, 1.807) is 7.11 Å². The first kappa shape index (κ1) is 24.7. The van der Waals surface area contributed by atoms with Crippen molar-refractivity contribution in [2.75, 3.05) is 20.3 Å². The maximum absolute atomic E-state index is 13.7. The first-order chi connectivity index (χ1) is 17.0. The fraction of sp³-hybridized carbons (Fsp3) is 0.414. The third-order valence-corrected chi connectivity index (χ3v) is 6.71. The average Bonchev–Trinajstić information content (AvgIpc) is 2.87. The van der Waals surface area contributed by atoms with E-state index >= 15 is 0 Å². The van der Waals surface area contributed by atoms with Crippen LogP contribution in [-0.4, -0.2) is 37.8 Å². The predicted octanol–water partition coefficient (Wildman–Crippen LogP) is 5.62. The van der Waals surface area contributed by atoms with E-state index in [0.29, 0.717) is 48.8 Å². The van der Waals surface area contributed by atoms with Crippen molar-refractivity contribution in [1.29, 1.82) is 0 Å². The lowest BCUT2D eigenvalue weighted by Crippen LogP contribution is -2.38. The number of Topliss-reactive ketones (excluding diaryl/α,β-unsaturated/α-hetero) is 1. The minimum atomic E-state index is -0.667. The fourth-order valence-corrected chi connectivity index (χ4v) is 5.13. The largest absolute Gasteiger partial charge is 0.493 e. The summed E-state index contributed by atoms with van der Waals surface area (Å²) in [7, 11) is 1.59. The molecule has 0 saturated heterocycles. The van der Waals surface area contributed by atoms with Crippen LogP contribution in [0.4, 0.5) is 0 Å². The number of hydrogen-bond donors (Lipinski definition) is 0. The van der Waals surface area contributed by atoms with Crippen LogP contribution in [0.1, 0.15) is 63.0 Å². The molecule has 2 aromatic rings. The summed E-state index contributed by atoms with van der Waals surface area (Å²) >= 11 is 0. The van der Waals surface area contributed by atoms with E-state index in [1.165, 1.54) is 0 Å². The number of methoxy groups -OCH3 is 1. The van der Waals surface area contributed by atoms with E-state index < -0.39 is 11.8 Å². The molecule has 1 aliphatic carbocycles. The number of carbonyl (C=O) groups is 2. The molecule has 1 unspecified atom stereocenters. The highest BCUT2D eigenvalue weighted by Crippen LogP contribution is 2.48. The molecular formula is C29H33NO5. The van der Waals surface area contributed by atoms with Crippen molar-refractivity contribution >= 4 is 17.5 Å². The number of allylic oxidation sites excluding steroid dienone is 2. The second-order valence-corrected chi connectivity index (χ2v) is 9.02. The van der Waals surface area contributed by atoms with E-state index in [9.17, 15) is 9.59 Å². The Morgan fingerprint density at radius 2 is 1.80 bits per heavy atom. The van der Waals surface area contributed by atoms with Gasteiger partial charge in [0.15, 0.2) is 17.3 Å². The molecule has 0 fully saturated rings. The summed E-state index contributed by atoms with van der Waals surface area (Å²) in [6, 6.07) is 15.7. The van der Waals surface area contributed by atoms with E-state index in [2.05, 4.69) is 12.1 Å². The smallest absolute Gasteiger partial charge is 0.315 e. The van der Waals surface area contributed by atoms with Gasteiger partial charge in [-0.05, 0) is 55.9 Å². The quantitative estimate of drug-likeness (QED) is 0.463. The highest BCUT2D eigenvalue weighted by molar-refractivity contribution is 6.09. The van der Waals surface area contributed by atoms with Gasteiger partial charge in [0, 0.05) is 29.3 Å². The molecule has 4 rings (SSSR count). The molecule has 2 aromatic carbocycles. The summed E-state index contributed by atoms with van der Waals surface area (Å²) in [5.74, 6) is -0.215. The minimum absolute atomic E-state index is 0.0301. The number of benzene rings is 2. The molecular weight excluding hydrogens is 442 g/mol. The fourth-order valence-electron chi connectivity index (χ4n) is 5.13. The molecule has 35 heavy (non-hydrogen) atoms. The topological polar surface area (TPSA) is 74.2 Å². The molecule has 1 aliphatic heterocycles. The van der Waals surface area contributed by atoms with Gasteiger partial charge < -0.3 is 14.2 Å². The highest BCUT2D eigenvalue weighted by Gasteiger charge is 2.45. The van der Waals surface area contributed by atoms with Crippen LogP contribution in [0.2, 0.25) is 0 Å². The molecule has 1 heterocycles. The zero-order valence-corrected chi connectivity index (χ0v) is 20.9. The van der Waals surface area contributed by atoms with E-state index in [4.69, 9.17) is 19.2 Å². The number of esters is 1. The molecule has 0 radical (unpaired) electrons. The average molecular weight is 476 g/mol. The number of nitrogens with zero attached hydrogens (tertiary/aromatic N) is 1. The molecule has 6 heteroatoms. The van der Waals surface area contributed by atoms with Gasteiger partial charge in [-0.1, -0.05) is 43.3 Å². The van der Waals surface area contributed by atoms with Crippen molar-refractivity contribution in [3.05, 3.63) is 70.9 Å². The Balaban J connectivity index is 1.81. The molecule has 0 amide bonds. The van der Waals surface area contributed by atoms with Gasteiger partial charge in [0.1, 0.15) is 5.92 Å². The maximum Gasteiger partial charge on any atom is 0.315 e. The van der Waals surface area contributed by atoms with Crippen LogP contribution < -0.4 is 9.47 Å². The van der Waals surface area contributed by atoms with Gasteiger partial charge in [0.05, 0.1) is 20.3 Å². The monoisotopic (exact) mass is 475 g/mol. The first-order valence-electron chi connectivity index (χ1n) is 12.3.